The van der Waals surface area contributed by atoms with Crippen molar-refractivity contribution in [2.24, 2.45) is 0 Å². The molecule has 102 valence electrons. The minimum absolute atomic E-state index is 0.251. The smallest absolute Gasteiger partial charge is 0.334 e. The van der Waals surface area contributed by atoms with Crippen molar-refractivity contribution in [1.29, 1.82) is 0 Å². The second-order valence-corrected chi connectivity index (χ2v) is 4.70. The van der Waals surface area contributed by atoms with Gasteiger partial charge in [-0.1, -0.05) is 34.1 Å². The highest BCUT2D eigenvalue weighted by atomic mass is 79.9. The van der Waals surface area contributed by atoms with Crippen LogP contribution in [-0.4, -0.2) is 26.2 Å². The molecule has 0 saturated carbocycles. The molecule has 0 heterocycles. The van der Waals surface area contributed by atoms with Gasteiger partial charge in [-0.15, -0.1) is 0 Å². The van der Waals surface area contributed by atoms with Crippen molar-refractivity contribution in [3.63, 3.8) is 0 Å². The quantitative estimate of drug-likeness (QED) is 0.630. The number of rotatable bonds is 4. The Balaban J connectivity index is 3.08. The van der Waals surface area contributed by atoms with Gasteiger partial charge >= 0.3 is 11.9 Å². The fourth-order valence-electron chi connectivity index (χ4n) is 1.56. The summed E-state index contributed by atoms with van der Waals surface area (Å²) in [5.74, 6) is -1.12. The van der Waals surface area contributed by atoms with Gasteiger partial charge in [0.2, 0.25) is 0 Å². The number of benzene rings is 1. The fourth-order valence-corrected chi connectivity index (χ4v) is 1.97. The topological polar surface area (TPSA) is 52.6 Å². The van der Waals surface area contributed by atoms with E-state index in [0.717, 1.165) is 21.7 Å². The molecule has 0 spiro atoms. The van der Waals surface area contributed by atoms with E-state index in [4.69, 9.17) is 0 Å². The molecule has 0 unspecified atom stereocenters. The normalized spacial score (nSPS) is 11.1. The third-order valence-electron chi connectivity index (χ3n) is 2.59. The van der Waals surface area contributed by atoms with Gasteiger partial charge in [0.15, 0.2) is 0 Å². The van der Waals surface area contributed by atoms with Gasteiger partial charge < -0.3 is 9.47 Å². The predicted molar refractivity (Wildman–Crippen MR) is 74.7 cm³/mol. The Morgan fingerprint density at radius 3 is 2.53 bits per heavy atom. The van der Waals surface area contributed by atoms with Gasteiger partial charge in [0, 0.05) is 22.5 Å². The summed E-state index contributed by atoms with van der Waals surface area (Å²) in [5.41, 5.74) is 2.21. The first kappa shape index (κ1) is 15.4. The highest BCUT2D eigenvalue weighted by Crippen LogP contribution is 2.23. The van der Waals surface area contributed by atoms with Gasteiger partial charge in [-0.2, -0.15) is 0 Å². The standard InChI is InChI=1S/C14H15BrO4/c1-9-5-4-6-10(13(9)15)7-11(14(17)19-3)8-12(16)18-2/h4-6,8H,7H2,1-3H3/b11-8-. The van der Waals surface area contributed by atoms with E-state index >= 15 is 0 Å². The Bertz CT molecular complexity index is 520. The largest absolute Gasteiger partial charge is 0.466 e. The van der Waals surface area contributed by atoms with Crippen molar-refractivity contribution in [2.45, 2.75) is 13.3 Å². The summed E-state index contributed by atoms with van der Waals surface area (Å²) >= 11 is 3.47. The molecule has 0 radical (unpaired) electrons. The van der Waals surface area contributed by atoms with Gasteiger partial charge in [-0.05, 0) is 18.1 Å². The van der Waals surface area contributed by atoms with E-state index in [-0.39, 0.29) is 5.57 Å². The lowest BCUT2D eigenvalue weighted by atomic mass is 10.0. The molecule has 1 aromatic carbocycles. The Morgan fingerprint density at radius 1 is 1.26 bits per heavy atom. The lowest BCUT2D eigenvalue weighted by molar-refractivity contribution is -0.138. The van der Waals surface area contributed by atoms with Crippen LogP contribution < -0.4 is 0 Å². The van der Waals surface area contributed by atoms with E-state index in [1.54, 1.807) is 0 Å². The average Bonchev–Trinajstić information content (AvgIpc) is 2.41. The van der Waals surface area contributed by atoms with Crippen molar-refractivity contribution in [3.8, 4) is 0 Å². The molecule has 1 aromatic rings. The molecule has 19 heavy (non-hydrogen) atoms. The van der Waals surface area contributed by atoms with Crippen LogP contribution in [0.25, 0.3) is 0 Å². The first-order valence-electron chi connectivity index (χ1n) is 5.60. The van der Waals surface area contributed by atoms with E-state index in [1.807, 2.05) is 25.1 Å². The molecule has 0 fully saturated rings. The molecule has 0 saturated heterocycles. The van der Waals surface area contributed by atoms with Gasteiger partial charge in [-0.25, -0.2) is 9.59 Å². The summed E-state index contributed by atoms with van der Waals surface area (Å²) in [4.78, 5) is 22.9. The predicted octanol–water partition coefficient (Wildman–Crippen LogP) is 2.57. The third-order valence-corrected chi connectivity index (χ3v) is 3.73. The van der Waals surface area contributed by atoms with Crippen LogP contribution in [0.3, 0.4) is 0 Å². The van der Waals surface area contributed by atoms with Crippen LogP contribution in [0.4, 0.5) is 0 Å². The molecular weight excluding hydrogens is 312 g/mol. The molecular formula is C14H15BrO4. The molecule has 0 aromatic heterocycles. The molecule has 0 amide bonds. The Morgan fingerprint density at radius 2 is 1.95 bits per heavy atom. The Kier molecular flexibility index (Phi) is 5.76. The Labute approximate surface area is 120 Å². The molecule has 1 rings (SSSR count). The summed E-state index contributed by atoms with van der Waals surface area (Å²) in [6.07, 6.45) is 1.45. The van der Waals surface area contributed by atoms with Crippen molar-refractivity contribution < 1.29 is 19.1 Å². The second-order valence-electron chi connectivity index (χ2n) is 3.91. The number of esters is 2. The van der Waals surface area contributed by atoms with Crippen molar-refractivity contribution >= 4 is 27.9 Å². The number of carbonyl (C=O) groups is 2. The molecule has 0 atom stereocenters. The van der Waals surface area contributed by atoms with Gasteiger partial charge in [-0.3, -0.25) is 0 Å². The number of ether oxygens (including phenoxy) is 2. The highest BCUT2D eigenvalue weighted by molar-refractivity contribution is 9.10. The van der Waals surface area contributed by atoms with E-state index in [9.17, 15) is 9.59 Å². The van der Waals surface area contributed by atoms with Crippen molar-refractivity contribution in [3.05, 3.63) is 45.4 Å². The number of methoxy groups -OCH3 is 2. The minimum atomic E-state index is -0.579. The maximum Gasteiger partial charge on any atom is 0.334 e. The summed E-state index contributed by atoms with van der Waals surface area (Å²) in [6, 6.07) is 5.73. The third kappa shape index (κ3) is 4.21. The lowest BCUT2D eigenvalue weighted by Gasteiger charge is -2.09. The van der Waals surface area contributed by atoms with Crippen LogP contribution in [0.15, 0.2) is 34.3 Å². The maximum atomic E-state index is 11.7. The van der Waals surface area contributed by atoms with Crippen LogP contribution in [0.5, 0.6) is 0 Å². The number of hydrogen-bond donors (Lipinski definition) is 0. The van der Waals surface area contributed by atoms with Crippen molar-refractivity contribution in [1.82, 2.24) is 0 Å². The van der Waals surface area contributed by atoms with Gasteiger partial charge in [0.25, 0.3) is 0 Å². The highest BCUT2D eigenvalue weighted by Gasteiger charge is 2.15. The van der Waals surface area contributed by atoms with Crippen LogP contribution >= 0.6 is 15.9 Å². The van der Waals surface area contributed by atoms with E-state index in [0.29, 0.717) is 6.42 Å². The monoisotopic (exact) mass is 326 g/mol. The molecule has 0 aliphatic rings. The van der Waals surface area contributed by atoms with Crippen molar-refractivity contribution in [2.75, 3.05) is 14.2 Å². The van der Waals surface area contributed by atoms with Crippen LogP contribution in [0.1, 0.15) is 11.1 Å². The van der Waals surface area contributed by atoms with Crippen LogP contribution in [0.2, 0.25) is 0 Å². The van der Waals surface area contributed by atoms with Crippen LogP contribution in [-0.2, 0) is 25.5 Å². The Hall–Kier alpha value is -1.62. The summed E-state index contributed by atoms with van der Waals surface area (Å²) in [7, 11) is 2.54. The van der Waals surface area contributed by atoms with E-state index in [1.165, 1.54) is 14.2 Å². The van der Waals surface area contributed by atoms with E-state index < -0.39 is 11.9 Å². The minimum Gasteiger partial charge on any atom is -0.466 e. The number of carbonyl (C=O) groups excluding carboxylic acids is 2. The van der Waals surface area contributed by atoms with Crippen LogP contribution in [0, 0.1) is 6.92 Å². The zero-order chi connectivity index (χ0) is 14.4. The molecule has 0 aliphatic carbocycles. The number of halogens is 1. The number of aryl methyl sites for hydroxylation is 1. The zero-order valence-corrected chi connectivity index (χ0v) is 12.6. The van der Waals surface area contributed by atoms with Gasteiger partial charge in [0.05, 0.1) is 14.2 Å². The molecule has 4 nitrogen and oxygen atoms in total. The maximum absolute atomic E-state index is 11.7. The first-order valence-corrected chi connectivity index (χ1v) is 6.39. The second kappa shape index (κ2) is 7.09. The number of hydrogen-bond acceptors (Lipinski definition) is 4. The SMILES string of the molecule is COC(=O)/C=C(/Cc1cccc(C)c1Br)C(=O)OC. The molecule has 0 aliphatic heterocycles. The summed E-state index contributed by atoms with van der Waals surface area (Å²) < 4.78 is 10.1. The molecule has 0 N–H and O–H groups in total. The fraction of sp³-hybridized carbons (Fsp3) is 0.286. The summed E-state index contributed by atoms with van der Waals surface area (Å²) in [6.45, 7) is 1.95. The molecule has 5 heteroatoms. The van der Waals surface area contributed by atoms with E-state index in [2.05, 4.69) is 25.4 Å². The zero-order valence-electron chi connectivity index (χ0n) is 11.0. The van der Waals surface area contributed by atoms with Gasteiger partial charge in [0.1, 0.15) is 0 Å². The first-order chi connectivity index (χ1) is 8.99. The summed E-state index contributed by atoms with van der Waals surface area (Å²) in [5, 5.41) is 0. The molecule has 0 bridgehead atoms. The lowest BCUT2D eigenvalue weighted by Crippen LogP contribution is -2.11. The average molecular weight is 327 g/mol.